The van der Waals surface area contributed by atoms with Crippen LogP contribution in [0.25, 0.3) is 0 Å². The number of nitrogens with one attached hydrogen (secondary N) is 2. The van der Waals surface area contributed by atoms with Gasteiger partial charge in [0.2, 0.25) is 0 Å². The van der Waals surface area contributed by atoms with Gasteiger partial charge in [-0.15, -0.1) is 0 Å². The van der Waals surface area contributed by atoms with E-state index in [2.05, 4.69) is 34.6 Å². The van der Waals surface area contributed by atoms with Gasteiger partial charge >= 0.3 is 6.03 Å². The van der Waals surface area contributed by atoms with Gasteiger partial charge in [-0.1, -0.05) is 13.8 Å². The van der Waals surface area contributed by atoms with E-state index in [1.165, 1.54) is 5.56 Å². The van der Waals surface area contributed by atoms with E-state index in [0.717, 1.165) is 13.0 Å². The molecule has 2 aromatic heterocycles. The minimum atomic E-state index is -0.266. The third-order valence-corrected chi connectivity index (χ3v) is 3.88. The summed E-state index contributed by atoms with van der Waals surface area (Å²) in [6.45, 7) is 7.92. The maximum Gasteiger partial charge on any atom is 0.320 e. The molecule has 136 valence electrons. The summed E-state index contributed by atoms with van der Waals surface area (Å²) in [4.78, 5) is 16.2. The topological polar surface area (TPSA) is 81.1 Å². The Bertz CT molecular complexity index is 642. The van der Waals surface area contributed by atoms with Gasteiger partial charge in [0.05, 0.1) is 12.6 Å². The second-order valence-corrected chi connectivity index (χ2v) is 6.18. The van der Waals surface area contributed by atoms with Crippen molar-refractivity contribution in [2.75, 3.05) is 18.5 Å². The van der Waals surface area contributed by atoms with Crippen molar-refractivity contribution in [3.63, 3.8) is 0 Å². The molecule has 2 heterocycles. The summed E-state index contributed by atoms with van der Waals surface area (Å²) >= 11 is 0. The van der Waals surface area contributed by atoms with Gasteiger partial charge < -0.3 is 10.1 Å². The Kier molecular flexibility index (Phi) is 7.40. The highest BCUT2D eigenvalue weighted by molar-refractivity contribution is 5.88. The highest BCUT2D eigenvalue weighted by Crippen LogP contribution is 2.07. The molecule has 0 spiro atoms. The van der Waals surface area contributed by atoms with Crippen molar-refractivity contribution in [1.29, 1.82) is 0 Å². The molecular weight excluding hydrogens is 318 g/mol. The lowest BCUT2D eigenvalue weighted by atomic mass is 10.1. The Morgan fingerprint density at radius 2 is 2.04 bits per heavy atom. The second kappa shape index (κ2) is 9.78. The SMILES string of the molecule is CCOC[C@@H](NC(=O)Nc1ccn(CCc2ccncc2)n1)C(C)C. The zero-order valence-electron chi connectivity index (χ0n) is 15.1. The molecule has 1 atom stereocenters. The molecule has 2 rings (SSSR count). The number of aromatic nitrogens is 3. The molecule has 0 bridgehead atoms. The Morgan fingerprint density at radius 1 is 1.28 bits per heavy atom. The maximum absolute atomic E-state index is 12.1. The van der Waals surface area contributed by atoms with Crippen LogP contribution in [0.3, 0.4) is 0 Å². The number of anilines is 1. The summed E-state index contributed by atoms with van der Waals surface area (Å²) in [5.41, 5.74) is 1.20. The first-order chi connectivity index (χ1) is 12.1. The van der Waals surface area contributed by atoms with Crippen LogP contribution >= 0.6 is 0 Å². The smallest absolute Gasteiger partial charge is 0.320 e. The van der Waals surface area contributed by atoms with E-state index in [0.29, 0.717) is 19.0 Å². The molecular formula is C18H27N5O2. The number of urea groups is 1. The average molecular weight is 345 g/mol. The molecule has 2 amide bonds. The van der Waals surface area contributed by atoms with E-state index in [9.17, 15) is 4.79 Å². The summed E-state index contributed by atoms with van der Waals surface area (Å²) in [6, 6.07) is 5.46. The van der Waals surface area contributed by atoms with Crippen LogP contribution in [0.4, 0.5) is 10.6 Å². The first kappa shape index (κ1) is 18.9. The standard InChI is InChI=1S/C18H27N5O2/c1-4-25-13-16(14(2)3)20-18(24)21-17-8-12-23(22-17)11-7-15-5-9-19-10-6-15/h5-6,8-10,12,14,16H,4,7,11,13H2,1-3H3,(H2,20,21,22,24)/t16-/m1/s1. The predicted octanol–water partition coefficient (Wildman–Crippen LogP) is 2.70. The van der Waals surface area contributed by atoms with E-state index in [1.807, 2.05) is 29.9 Å². The van der Waals surface area contributed by atoms with E-state index in [-0.39, 0.29) is 18.0 Å². The van der Waals surface area contributed by atoms with Crippen LogP contribution in [0.1, 0.15) is 26.3 Å². The normalized spacial score (nSPS) is 12.2. The molecule has 0 aliphatic heterocycles. The maximum atomic E-state index is 12.1. The first-order valence-electron chi connectivity index (χ1n) is 8.66. The van der Waals surface area contributed by atoms with Crippen molar-refractivity contribution in [2.45, 2.75) is 39.8 Å². The lowest BCUT2D eigenvalue weighted by molar-refractivity contribution is 0.111. The van der Waals surface area contributed by atoms with E-state index in [1.54, 1.807) is 18.5 Å². The number of ether oxygens (including phenoxy) is 1. The number of carbonyl (C=O) groups is 1. The predicted molar refractivity (Wildman–Crippen MR) is 97.4 cm³/mol. The van der Waals surface area contributed by atoms with Crippen LogP contribution in [0.15, 0.2) is 36.8 Å². The van der Waals surface area contributed by atoms with Crippen LogP contribution in [-0.2, 0) is 17.7 Å². The minimum Gasteiger partial charge on any atom is -0.380 e. The quantitative estimate of drug-likeness (QED) is 0.732. The van der Waals surface area contributed by atoms with Gasteiger partial charge in [-0.25, -0.2) is 4.79 Å². The highest BCUT2D eigenvalue weighted by atomic mass is 16.5. The molecule has 0 fully saturated rings. The molecule has 2 N–H and O–H groups in total. The molecule has 0 aromatic carbocycles. The van der Waals surface area contributed by atoms with Crippen LogP contribution in [0.5, 0.6) is 0 Å². The first-order valence-corrected chi connectivity index (χ1v) is 8.66. The second-order valence-electron chi connectivity index (χ2n) is 6.18. The molecule has 2 aromatic rings. The fraction of sp³-hybridized carbons (Fsp3) is 0.500. The fourth-order valence-electron chi connectivity index (χ4n) is 2.31. The summed E-state index contributed by atoms with van der Waals surface area (Å²) in [7, 11) is 0. The summed E-state index contributed by atoms with van der Waals surface area (Å²) in [5.74, 6) is 0.821. The van der Waals surface area contributed by atoms with Crippen molar-refractivity contribution in [2.24, 2.45) is 5.92 Å². The van der Waals surface area contributed by atoms with Crippen LogP contribution in [0.2, 0.25) is 0 Å². The van der Waals surface area contributed by atoms with Gasteiger partial charge in [-0.2, -0.15) is 5.10 Å². The monoisotopic (exact) mass is 345 g/mol. The number of hydrogen-bond donors (Lipinski definition) is 2. The van der Waals surface area contributed by atoms with Gasteiger partial charge in [0, 0.05) is 37.8 Å². The van der Waals surface area contributed by atoms with E-state index in [4.69, 9.17) is 4.74 Å². The van der Waals surface area contributed by atoms with Crippen molar-refractivity contribution < 1.29 is 9.53 Å². The number of rotatable bonds is 9. The van der Waals surface area contributed by atoms with Crippen molar-refractivity contribution in [3.8, 4) is 0 Å². The molecule has 0 saturated carbocycles. The Labute approximate surface area is 148 Å². The zero-order valence-corrected chi connectivity index (χ0v) is 15.1. The Hall–Kier alpha value is -2.41. The van der Waals surface area contributed by atoms with Crippen molar-refractivity contribution in [1.82, 2.24) is 20.1 Å². The lowest BCUT2D eigenvalue weighted by Crippen LogP contribution is -2.44. The summed E-state index contributed by atoms with van der Waals surface area (Å²) < 4.78 is 7.24. The fourth-order valence-corrected chi connectivity index (χ4v) is 2.31. The highest BCUT2D eigenvalue weighted by Gasteiger charge is 2.16. The zero-order chi connectivity index (χ0) is 18.1. The van der Waals surface area contributed by atoms with Gasteiger partial charge in [-0.3, -0.25) is 15.0 Å². The molecule has 0 aliphatic carbocycles. The third-order valence-electron chi connectivity index (χ3n) is 3.88. The third kappa shape index (κ3) is 6.54. The van der Waals surface area contributed by atoms with Crippen LogP contribution in [-0.4, -0.2) is 40.1 Å². The minimum absolute atomic E-state index is 0.0336. The van der Waals surface area contributed by atoms with E-state index >= 15 is 0 Å². The molecule has 25 heavy (non-hydrogen) atoms. The summed E-state index contributed by atoms with van der Waals surface area (Å²) in [5, 5.41) is 10.1. The molecule has 0 radical (unpaired) electrons. The van der Waals surface area contributed by atoms with Gasteiger partial charge in [0.15, 0.2) is 5.82 Å². The van der Waals surface area contributed by atoms with E-state index < -0.39 is 0 Å². The average Bonchev–Trinajstić information content (AvgIpc) is 3.04. The Morgan fingerprint density at radius 3 is 2.72 bits per heavy atom. The Balaban J connectivity index is 1.82. The van der Waals surface area contributed by atoms with Gasteiger partial charge in [0.1, 0.15) is 0 Å². The van der Waals surface area contributed by atoms with Crippen LogP contribution in [0, 0.1) is 5.92 Å². The molecule has 0 saturated heterocycles. The number of hydrogen-bond acceptors (Lipinski definition) is 4. The van der Waals surface area contributed by atoms with Crippen molar-refractivity contribution in [3.05, 3.63) is 42.4 Å². The lowest BCUT2D eigenvalue weighted by Gasteiger charge is -2.21. The molecule has 7 heteroatoms. The van der Waals surface area contributed by atoms with Crippen LogP contribution < -0.4 is 10.6 Å². The number of carbonyl (C=O) groups excluding carboxylic acids is 1. The molecule has 0 unspecified atom stereocenters. The number of pyridine rings is 1. The van der Waals surface area contributed by atoms with Crippen molar-refractivity contribution >= 4 is 11.8 Å². The molecule has 0 aliphatic rings. The number of aryl methyl sites for hydroxylation is 2. The molecule has 7 nitrogen and oxygen atoms in total. The number of nitrogens with zero attached hydrogens (tertiary/aromatic N) is 3. The number of amides is 2. The summed E-state index contributed by atoms with van der Waals surface area (Å²) in [6.07, 6.45) is 6.28. The van der Waals surface area contributed by atoms with Gasteiger partial charge in [-0.05, 0) is 37.0 Å². The largest absolute Gasteiger partial charge is 0.380 e. The van der Waals surface area contributed by atoms with Gasteiger partial charge in [0.25, 0.3) is 0 Å².